The maximum atomic E-state index is 13.1. The van der Waals surface area contributed by atoms with Crippen LogP contribution in [0.2, 0.25) is 0 Å². The lowest BCUT2D eigenvalue weighted by Gasteiger charge is -2.24. The molecule has 0 bridgehead atoms. The van der Waals surface area contributed by atoms with Crippen LogP contribution in [0.15, 0.2) is 43.5 Å². The van der Waals surface area contributed by atoms with Crippen LogP contribution in [0.25, 0.3) is 11.5 Å². The minimum absolute atomic E-state index is 0.0446. The number of aromatic amines is 1. The lowest BCUT2D eigenvalue weighted by Crippen LogP contribution is -2.42. The molecule has 0 aliphatic carbocycles. The van der Waals surface area contributed by atoms with Gasteiger partial charge in [0, 0.05) is 18.7 Å². The maximum Gasteiger partial charge on any atom is 0.330 e. The summed E-state index contributed by atoms with van der Waals surface area (Å²) < 4.78 is 20.0. The number of unbranched alkanes of at least 4 members (excludes halogenated alkanes) is 1. The minimum Gasteiger partial charge on any atom is -0.411 e. The molecule has 3 aromatic rings. The first-order valence-corrected chi connectivity index (χ1v) is 11.8. The molecule has 182 valence electrons. The van der Waals surface area contributed by atoms with Crippen molar-refractivity contribution in [1.29, 1.82) is 0 Å². The lowest BCUT2D eigenvalue weighted by molar-refractivity contribution is -0.116. The Labute approximate surface area is 199 Å². The van der Waals surface area contributed by atoms with Gasteiger partial charge in [0.25, 0.3) is 10.8 Å². The topological polar surface area (TPSA) is 140 Å². The Morgan fingerprint density at radius 2 is 1.97 bits per heavy atom. The van der Waals surface area contributed by atoms with Gasteiger partial charge in [-0.3, -0.25) is 19.1 Å². The smallest absolute Gasteiger partial charge is 0.330 e. The van der Waals surface area contributed by atoms with Crippen LogP contribution in [-0.2, 0) is 11.3 Å². The molecule has 0 saturated heterocycles. The summed E-state index contributed by atoms with van der Waals surface area (Å²) in [6.07, 6.45) is 1.42. The fourth-order valence-electron chi connectivity index (χ4n) is 3.24. The number of carbonyl (C=O) groups excluding carboxylic acids is 1. The molecule has 12 heteroatoms. The van der Waals surface area contributed by atoms with Gasteiger partial charge in [-0.2, -0.15) is 0 Å². The van der Waals surface area contributed by atoms with Gasteiger partial charge in [-0.05, 0) is 36.6 Å². The van der Waals surface area contributed by atoms with Crippen LogP contribution in [0, 0.1) is 11.7 Å². The highest BCUT2D eigenvalue weighted by atomic mass is 32.2. The largest absolute Gasteiger partial charge is 0.411 e. The van der Waals surface area contributed by atoms with Crippen LogP contribution >= 0.6 is 11.8 Å². The second-order valence-electron chi connectivity index (χ2n) is 8.07. The van der Waals surface area contributed by atoms with E-state index in [2.05, 4.69) is 15.2 Å². The van der Waals surface area contributed by atoms with E-state index in [-0.39, 0.29) is 46.7 Å². The third kappa shape index (κ3) is 5.93. The van der Waals surface area contributed by atoms with Crippen LogP contribution in [0.3, 0.4) is 0 Å². The third-order valence-corrected chi connectivity index (χ3v) is 5.69. The van der Waals surface area contributed by atoms with Crippen molar-refractivity contribution in [3.8, 4) is 11.5 Å². The summed E-state index contributed by atoms with van der Waals surface area (Å²) in [5.74, 6) is -0.636. The number of anilines is 2. The number of nitrogens with one attached hydrogen (secondary N) is 1. The first kappa shape index (κ1) is 25.2. The standard InChI is InChI=1S/C22H27FN6O4S/c1-4-5-10-28(17-18(24)29(11-13(2)3)21(32)25-19(17)31)16(30)12-34-22-27-26-20(33-22)14-6-8-15(23)9-7-14/h6-9,13H,4-5,10-12,24H2,1-3H3,(H,25,31,32). The van der Waals surface area contributed by atoms with Crippen LogP contribution in [-0.4, -0.2) is 38.0 Å². The molecule has 0 spiro atoms. The van der Waals surface area contributed by atoms with E-state index in [4.69, 9.17) is 10.2 Å². The quantitative estimate of drug-likeness (QED) is 0.414. The average Bonchev–Trinajstić information content (AvgIpc) is 3.26. The normalized spacial score (nSPS) is 11.2. The van der Waals surface area contributed by atoms with Gasteiger partial charge >= 0.3 is 5.69 Å². The van der Waals surface area contributed by atoms with E-state index in [1.807, 2.05) is 20.8 Å². The average molecular weight is 491 g/mol. The van der Waals surface area contributed by atoms with Gasteiger partial charge < -0.3 is 15.1 Å². The summed E-state index contributed by atoms with van der Waals surface area (Å²) in [6.45, 7) is 6.34. The number of H-pyrrole nitrogens is 1. The number of amides is 1. The summed E-state index contributed by atoms with van der Waals surface area (Å²) in [4.78, 5) is 41.6. The number of rotatable bonds is 10. The molecule has 0 radical (unpaired) electrons. The molecule has 34 heavy (non-hydrogen) atoms. The predicted molar refractivity (Wildman–Crippen MR) is 128 cm³/mol. The molecule has 3 N–H and O–H groups in total. The van der Waals surface area contributed by atoms with Gasteiger partial charge in [0.05, 0.1) is 5.75 Å². The fraction of sp³-hybridized carbons (Fsp3) is 0.409. The van der Waals surface area contributed by atoms with E-state index in [9.17, 15) is 18.8 Å². The van der Waals surface area contributed by atoms with Gasteiger partial charge in [0.15, 0.2) is 5.69 Å². The molecule has 2 heterocycles. The Morgan fingerprint density at radius 3 is 2.62 bits per heavy atom. The van der Waals surface area contributed by atoms with Crippen molar-refractivity contribution < 1.29 is 13.6 Å². The van der Waals surface area contributed by atoms with Gasteiger partial charge in [0.1, 0.15) is 11.6 Å². The van der Waals surface area contributed by atoms with Crippen molar-refractivity contribution in [1.82, 2.24) is 19.7 Å². The minimum atomic E-state index is -0.714. The number of carbonyl (C=O) groups is 1. The molecule has 1 amide bonds. The second kappa shape index (κ2) is 11.1. The van der Waals surface area contributed by atoms with E-state index in [0.29, 0.717) is 18.5 Å². The Balaban J connectivity index is 1.82. The van der Waals surface area contributed by atoms with Crippen molar-refractivity contribution in [2.24, 2.45) is 5.92 Å². The third-order valence-electron chi connectivity index (χ3n) is 4.88. The lowest BCUT2D eigenvalue weighted by atomic mass is 10.2. The fourth-order valence-corrected chi connectivity index (χ4v) is 3.88. The van der Waals surface area contributed by atoms with Crippen LogP contribution in [0.4, 0.5) is 15.9 Å². The van der Waals surface area contributed by atoms with Crippen molar-refractivity contribution in [3.63, 3.8) is 0 Å². The molecule has 0 aliphatic rings. The summed E-state index contributed by atoms with van der Waals surface area (Å²) in [7, 11) is 0. The SMILES string of the molecule is CCCCN(C(=O)CSc1nnc(-c2ccc(F)cc2)o1)c1c(N)n(CC(C)C)c(=O)[nH]c1=O. The Hall–Kier alpha value is -3.41. The van der Waals surface area contributed by atoms with E-state index < -0.39 is 17.2 Å². The van der Waals surface area contributed by atoms with Gasteiger partial charge in [-0.15, -0.1) is 10.2 Å². The Morgan fingerprint density at radius 1 is 1.26 bits per heavy atom. The van der Waals surface area contributed by atoms with Gasteiger partial charge in [-0.25, -0.2) is 9.18 Å². The number of hydrogen-bond acceptors (Lipinski definition) is 8. The highest BCUT2D eigenvalue weighted by Crippen LogP contribution is 2.25. The zero-order valence-corrected chi connectivity index (χ0v) is 20.0. The van der Waals surface area contributed by atoms with E-state index in [1.165, 1.54) is 33.7 Å². The summed E-state index contributed by atoms with van der Waals surface area (Å²) in [5.41, 5.74) is 5.38. The monoisotopic (exact) mass is 490 g/mol. The number of nitrogens with zero attached hydrogens (tertiary/aromatic N) is 4. The zero-order chi connectivity index (χ0) is 24.8. The molecule has 0 atom stereocenters. The number of nitrogen functional groups attached to an aromatic ring is 1. The number of benzene rings is 1. The zero-order valence-electron chi connectivity index (χ0n) is 19.2. The van der Waals surface area contributed by atoms with E-state index >= 15 is 0 Å². The summed E-state index contributed by atoms with van der Waals surface area (Å²) in [5, 5.41) is 7.99. The maximum absolute atomic E-state index is 13.1. The molecular formula is C22H27FN6O4S. The first-order chi connectivity index (χ1) is 16.2. The second-order valence-corrected chi connectivity index (χ2v) is 8.99. The molecule has 0 saturated carbocycles. The van der Waals surface area contributed by atoms with Gasteiger partial charge in [0.2, 0.25) is 11.8 Å². The van der Waals surface area contributed by atoms with Crippen LogP contribution in [0.5, 0.6) is 0 Å². The molecular weight excluding hydrogens is 463 g/mol. The molecule has 2 aromatic heterocycles. The van der Waals surface area contributed by atoms with Crippen molar-refractivity contribution >= 4 is 29.2 Å². The summed E-state index contributed by atoms with van der Waals surface area (Å²) in [6, 6.07) is 5.58. The van der Waals surface area contributed by atoms with Crippen LogP contribution < -0.4 is 21.9 Å². The molecule has 10 nitrogen and oxygen atoms in total. The summed E-state index contributed by atoms with van der Waals surface area (Å²) >= 11 is 1.01. The Bertz CT molecular complexity index is 1250. The van der Waals surface area contributed by atoms with E-state index in [0.717, 1.165) is 18.2 Å². The highest BCUT2D eigenvalue weighted by Gasteiger charge is 2.25. The number of nitrogens with two attached hydrogens (primary N) is 1. The molecule has 1 aromatic carbocycles. The predicted octanol–water partition coefficient (Wildman–Crippen LogP) is 2.89. The van der Waals surface area contributed by atoms with Crippen molar-refractivity contribution in [2.45, 2.75) is 45.4 Å². The number of aromatic nitrogens is 4. The molecule has 3 rings (SSSR count). The van der Waals surface area contributed by atoms with Crippen LogP contribution in [0.1, 0.15) is 33.6 Å². The number of hydrogen-bond donors (Lipinski definition) is 2. The number of halogens is 1. The van der Waals surface area contributed by atoms with Gasteiger partial charge in [-0.1, -0.05) is 39.0 Å². The molecule has 0 aliphatic heterocycles. The van der Waals surface area contributed by atoms with Crippen molar-refractivity contribution in [3.05, 3.63) is 50.9 Å². The number of thioether (sulfide) groups is 1. The highest BCUT2D eigenvalue weighted by molar-refractivity contribution is 7.99. The van der Waals surface area contributed by atoms with E-state index in [1.54, 1.807) is 0 Å². The first-order valence-electron chi connectivity index (χ1n) is 10.9. The Kier molecular flexibility index (Phi) is 8.26. The van der Waals surface area contributed by atoms with Crippen molar-refractivity contribution in [2.75, 3.05) is 22.9 Å². The molecule has 0 fully saturated rings. The molecule has 0 unspecified atom stereocenters.